The van der Waals surface area contributed by atoms with Crippen LogP contribution in [0.2, 0.25) is 5.02 Å². The Kier molecular flexibility index (Phi) is 4.46. The lowest BCUT2D eigenvalue weighted by molar-refractivity contribution is 0.569. The molecule has 0 saturated heterocycles. The van der Waals surface area contributed by atoms with Crippen molar-refractivity contribution in [1.29, 1.82) is 5.26 Å². The van der Waals surface area contributed by atoms with E-state index in [1.807, 2.05) is 6.07 Å². The Morgan fingerprint density at radius 2 is 2.24 bits per heavy atom. The summed E-state index contributed by atoms with van der Waals surface area (Å²) in [5.41, 5.74) is 0. The number of nitrogens with one attached hydrogen (secondary N) is 1. The molecular weight excluding hydrogens is 267 g/mol. The summed E-state index contributed by atoms with van der Waals surface area (Å²) >= 11 is 5.68. The van der Waals surface area contributed by atoms with Gasteiger partial charge in [0.2, 0.25) is 10.0 Å². The molecule has 0 aliphatic carbocycles. The van der Waals surface area contributed by atoms with E-state index in [1.54, 1.807) is 6.92 Å². The summed E-state index contributed by atoms with van der Waals surface area (Å²) in [6.07, 6.45) is 0. The van der Waals surface area contributed by atoms with Crippen molar-refractivity contribution in [3.05, 3.63) is 29.0 Å². The van der Waals surface area contributed by atoms with Crippen molar-refractivity contribution in [1.82, 2.24) is 4.72 Å². The molecule has 0 spiro atoms. The van der Waals surface area contributed by atoms with E-state index in [4.69, 9.17) is 16.9 Å². The molecule has 0 amide bonds. The van der Waals surface area contributed by atoms with Gasteiger partial charge in [0.15, 0.2) is 0 Å². The lowest BCUT2D eigenvalue weighted by Gasteiger charge is -2.09. The number of benzene rings is 1. The average Bonchev–Trinajstić information content (AvgIpc) is 2.29. The van der Waals surface area contributed by atoms with Crippen molar-refractivity contribution in [2.24, 2.45) is 5.92 Å². The van der Waals surface area contributed by atoms with Crippen LogP contribution in [0, 0.1) is 23.1 Å². The Bertz CT molecular complexity index is 554. The van der Waals surface area contributed by atoms with Gasteiger partial charge in [-0.05, 0) is 25.1 Å². The minimum absolute atomic E-state index is 0.0499. The third-order valence-electron chi connectivity index (χ3n) is 1.98. The summed E-state index contributed by atoms with van der Waals surface area (Å²) in [5, 5.41) is 8.46. The van der Waals surface area contributed by atoms with Crippen molar-refractivity contribution >= 4 is 21.6 Å². The van der Waals surface area contributed by atoms with Gasteiger partial charge < -0.3 is 0 Å². The Labute approximate surface area is 104 Å². The van der Waals surface area contributed by atoms with Crippen LogP contribution in [0.1, 0.15) is 6.92 Å². The molecule has 1 aromatic rings. The summed E-state index contributed by atoms with van der Waals surface area (Å²) in [7, 11) is -3.89. The van der Waals surface area contributed by atoms with Crippen LogP contribution in [0.3, 0.4) is 0 Å². The monoisotopic (exact) mass is 276 g/mol. The average molecular weight is 277 g/mol. The van der Waals surface area contributed by atoms with Crippen molar-refractivity contribution in [3.63, 3.8) is 0 Å². The zero-order valence-corrected chi connectivity index (χ0v) is 10.5. The van der Waals surface area contributed by atoms with Crippen LogP contribution in [0.15, 0.2) is 23.1 Å². The molecule has 0 unspecified atom stereocenters. The van der Waals surface area contributed by atoms with E-state index in [2.05, 4.69) is 4.72 Å². The first-order valence-corrected chi connectivity index (χ1v) is 6.57. The maximum absolute atomic E-state index is 12.9. The van der Waals surface area contributed by atoms with Crippen molar-refractivity contribution in [3.8, 4) is 6.07 Å². The predicted octanol–water partition coefficient (Wildman–Crippen LogP) is 1.92. The molecule has 0 bridgehead atoms. The van der Waals surface area contributed by atoms with E-state index < -0.39 is 21.8 Å². The third kappa shape index (κ3) is 3.66. The lowest BCUT2D eigenvalue weighted by atomic mass is 10.2. The highest BCUT2D eigenvalue weighted by molar-refractivity contribution is 7.89. The van der Waals surface area contributed by atoms with Gasteiger partial charge in [-0.1, -0.05) is 11.6 Å². The standard InChI is InChI=1S/C10H10ClFN2O2S/c1-7(5-13)6-14-17(15,16)10-4-8(12)2-3-9(10)11/h2-4,7,14H,6H2,1H3/t7-/m0/s1. The van der Waals surface area contributed by atoms with Crippen molar-refractivity contribution < 1.29 is 12.8 Å². The Morgan fingerprint density at radius 1 is 1.59 bits per heavy atom. The van der Waals surface area contributed by atoms with Gasteiger partial charge in [0.25, 0.3) is 0 Å². The van der Waals surface area contributed by atoms with Gasteiger partial charge in [-0.3, -0.25) is 0 Å². The van der Waals surface area contributed by atoms with Gasteiger partial charge in [0.1, 0.15) is 10.7 Å². The lowest BCUT2D eigenvalue weighted by Crippen LogP contribution is -2.28. The molecule has 1 rings (SSSR count). The first-order chi connectivity index (χ1) is 7.86. The molecule has 0 heterocycles. The molecular formula is C10H10ClFN2O2S. The molecule has 0 fully saturated rings. The van der Waals surface area contributed by atoms with E-state index in [9.17, 15) is 12.8 Å². The second-order valence-corrected chi connectivity index (χ2v) is 5.60. The molecule has 0 saturated carbocycles. The highest BCUT2D eigenvalue weighted by Crippen LogP contribution is 2.21. The van der Waals surface area contributed by atoms with Crippen LogP contribution in [0.4, 0.5) is 4.39 Å². The molecule has 0 aliphatic rings. The zero-order chi connectivity index (χ0) is 13.1. The van der Waals surface area contributed by atoms with Gasteiger partial charge >= 0.3 is 0 Å². The van der Waals surface area contributed by atoms with Gasteiger partial charge in [-0.15, -0.1) is 0 Å². The predicted molar refractivity (Wildman–Crippen MR) is 61.4 cm³/mol. The maximum atomic E-state index is 12.9. The normalized spacial score (nSPS) is 13.1. The van der Waals surface area contributed by atoms with Gasteiger partial charge in [0.05, 0.1) is 17.0 Å². The number of nitriles is 1. The molecule has 7 heteroatoms. The number of hydrogen-bond acceptors (Lipinski definition) is 3. The van der Waals surface area contributed by atoms with E-state index in [0.29, 0.717) is 0 Å². The molecule has 0 aliphatic heterocycles. The first kappa shape index (κ1) is 13.9. The molecule has 1 N–H and O–H groups in total. The minimum atomic E-state index is -3.89. The second-order valence-electron chi connectivity index (χ2n) is 3.46. The largest absolute Gasteiger partial charge is 0.242 e. The van der Waals surface area contributed by atoms with Crippen LogP contribution < -0.4 is 4.72 Å². The van der Waals surface area contributed by atoms with Crippen molar-refractivity contribution in [2.45, 2.75) is 11.8 Å². The number of sulfonamides is 1. The SMILES string of the molecule is C[C@@H](C#N)CNS(=O)(=O)c1cc(F)ccc1Cl. The third-order valence-corrected chi connectivity index (χ3v) is 3.89. The van der Waals surface area contributed by atoms with Gasteiger partial charge in [-0.25, -0.2) is 17.5 Å². The maximum Gasteiger partial charge on any atom is 0.242 e. The molecule has 0 radical (unpaired) electrons. The number of rotatable bonds is 4. The summed E-state index contributed by atoms with van der Waals surface area (Å²) < 4.78 is 38.6. The van der Waals surface area contributed by atoms with Gasteiger partial charge in [0, 0.05) is 6.54 Å². The first-order valence-electron chi connectivity index (χ1n) is 4.71. The fraction of sp³-hybridized carbons (Fsp3) is 0.300. The summed E-state index contributed by atoms with van der Waals surface area (Å²) in [6.45, 7) is 1.52. The Hall–Kier alpha value is -1.16. The van der Waals surface area contributed by atoms with E-state index in [-0.39, 0.29) is 16.5 Å². The Balaban J connectivity index is 2.98. The Morgan fingerprint density at radius 3 is 2.82 bits per heavy atom. The minimum Gasteiger partial charge on any atom is -0.210 e. The molecule has 0 aromatic heterocycles. The molecule has 1 aromatic carbocycles. The van der Waals surface area contributed by atoms with E-state index >= 15 is 0 Å². The quantitative estimate of drug-likeness (QED) is 0.913. The zero-order valence-electron chi connectivity index (χ0n) is 8.94. The van der Waals surface area contributed by atoms with Crippen LogP contribution in [0.5, 0.6) is 0 Å². The van der Waals surface area contributed by atoms with E-state index in [1.165, 1.54) is 6.07 Å². The van der Waals surface area contributed by atoms with Crippen LogP contribution in [-0.2, 0) is 10.0 Å². The second kappa shape index (κ2) is 5.45. The van der Waals surface area contributed by atoms with Crippen LogP contribution in [-0.4, -0.2) is 15.0 Å². The summed E-state index contributed by atoms with van der Waals surface area (Å²) in [6, 6.07) is 4.95. The van der Waals surface area contributed by atoms with Gasteiger partial charge in [-0.2, -0.15) is 5.26 Å². The fourth-order valence-corrected chi connectivity index (χ4v) is 2.68. The molecule has 92 valence electrons. The summed E-state index contributed by atoms with van der Waals surface area (Å²) in [5.74, 6) is -1.17. The summed E-state index contributed by atoms with van der Waals surface area (Å²) in [4.78, 5) is -0.329. The van der Waals surface area contributed by atoms with Crippen LogP contribution >= 0.6 is 11.6 Å². The molecule has 4 nitrogen and oxygen atoms in total. The fourth-order valence-electron chi connectivity index (χ4n) is 1.04. The number of nitrogens with zero attached hydrogens (tertiary/aromatic N) is 1. The molecule has 1 atom stereocenters. The highest BCUT2D eigenvalue weighted by atomic mass is 35.5. The molecule has 17 heavy (non-hydrogen) atoms. The topological polar surface area (TPSA) is 70.0 Å². The number of hydrogen-bond donors (Lipinski definition) is 1. The van der Waals surface area contributed by atoms with Crippen LogP contribution in [0.25, 0.3) is 0 Å². The van der Waals surface area contributed by atoms with E-state index in [0.717, 1.165) is 12.1 Å². The number of halogens is 2. The smallest absolute Gasteiger partial charge is 0.210 e. The van der Waals surface area contributed by atoms with Crippen molar-refractivity contribution in [2.75, 3.05) is 6.54 Å². The highest BCUT2D eigenvalue weighted by Gasteiger charge is 2.19.